The highest BCUT2D eigenvalue weighted by Gasteiger charge is 2.35. The van der Waals surface area contributed by atoms with Gasteiger partial charge in [-0.1, -0.05) is 0 Å². The summed E-state index contributed by atoms with van der Waals surface area (Å²) >= 11 is 0. The number of nitrogens with zero attached hydrogens (tertiary/aromatic N) is 6. The molecule has 0 aliphatic carbocycles. The van der Waals surface area contributed by atoms with Gasteiger partial charge in [-0.15, -0.1) is 0 Å². The van der Waals surface area contributed by atoms with E-state index < -0.39 is 29.7 Å². The Morgan fingerprint density at radius 1 is 1.19 bits per heavy atom. The zero-order valence-corrected chi connectivity index (χ0v) is 17.2. The van der Waals surface area contributed by atoms with E-state index in [0.717, 1.165) is 16.3 Å². The van der Waals surface area contributed by atoms with Crippen LogP contribution in [-0.4, -0.2) is 41.2 Å². The quantitative estimate of drug-likeness (QED) is 0.610. The lowest BCUT2D eigenvalue weighted by Gasteiger charge is -2.15. The van der Waals surface area contributed by atoms with Gasteiger partial charge in [0.25, 0.3) is 5.91 Å². The first-order chi connectivity index (χ1) is 14.5. The van der Waals surface area contributed by atoms with Gasteiger partial charge in [-0.05, 0) is 19.9 Å². The molecule has 2 N–H and O–H groups in total. The molecule has 0 saturated heterocycles. The van der Waals surface area contributed by atoms with Crippen LogP contribution in [0.3, 0.4) is 0 Å². The third kappa shape index (κ3) is 4.75. The van der Waals surface area contributed by atoms with Crippen LogP contribution >= 0.6 is 0 Å². The number of carbonyl (C=O) groups is 2. The Hall–Kier alpha value is -3.64. The first-order valence-electron chi connectivity index (χ1n) is 9.19. The van der Waals surface area contributed by atoms with Crippen molar-refractivity contribution in [3.05, 3.63) is 47.3 Å². The van der Waals surface area contributed by atoms with Crippen molar-refractivity contribution in [1.82, 2.24) is 34.7 Å². The zero-order chi connectivity index (χ0) is 22.9. The molecule has 13 heteroatoms. The third-order valence-electron chi connectivity index (χ3n) is 4.58. The SMILES string of the molecule is Cc1cc(C(F)(F)F)nn1C(C)C(=O)Nc1cnn(C)c1C(=O)NCc1cnn(C)c1. The van der Waals surface area contributed by atoms with E-state index >= 15 is 0 Å². The molecule has 1 atom stereocenters. The average molecular weight is 438 g/mol. The minimum atomic E-state index is -4.62. The molecule has 2 amide bonds. The summed E-state index contributed by atoms with van der Waals surface area (Å²) in [5.41, 5.74) is 0.102. The molecule has 0 spiro atoms. The Labute approximate surface area is 175 Å². The van der Waals surface area contributed by atoms with Gasteiger partial charge in [0.1, 0.15) is 11.7 Å². The fourth-order valence-corrected chi connectivity index (χ4v) is 2.99. The van der Waals surface area contributed by atoms with Crippen molar-refractivity contribution in [3.8, 4) is 0 Å². The van der Waals surface area contributed by atoms with E-state index in [2.05, 4.69) is 25.9 Å². The molecule has 0 bridgehead atoms. The second-order valence-corrected chi connectivity index (χ2v) is 7.01. The summed E-state index contributed by atoms with van der Waals surface area (Å²) in [5.74, 6) is -1.13. The van der Waals surface area contributed by atoms with Gasteiger partial charge in [-0.2, -0.15) is 28.5 Å². The summed E-state index contributed by atoms with van der Waals surface area (Å²) in [5, 5.41) is 16.8. The molecule has 0 fully saturated rings. The molecule has 3 heterocycles. The fourth-order valence-electron chi connectivity index (χ4n) is 2.99. The van der Waals surface area contributed by atoms with Crippen LogP contribution in [0.2, 0.25) is 0 Å². The highest BCUT2D eigenvalue weighted by molar-refractivity contribution is 6.03. The number of amides is 2. The molecule has 3 aromatic rings. The summed E-state index contributed by atoms with van der Waals surface area (Å²) < 4.78 is 42.6. The number of alkyl halides is 3. The number of aromatic nitrogens is 6. The van der Waals surface area contributed by atoms with Crippen molar-refractivity contribution in [2.75, 3.05) is 5.32 Å². The Morgan fingerprint density at radius 3 is 2.48 bits per heavy atom. The molecule has 10 nitrogen and oxygen atoms in total. The minimum Gasteiger partial charge on any atom is -0.346 e. The topological polar surface area (TPSA) is 112 Å². The van der Waals surface area contributed by atoms with Crippen LogP contribution in [-0.2, 0) is 31.6 Å². The van der Waals surface area contributed by atoms with Gasteiger partial charge in [-0.3, -0.25) is 23.6 Å². The van der Waals surface area contributed by atoms with E-state index in [1.165, 1.54) is 31.8 Å². The summed E-state index contributed by atoms with van der Waals surface area (Å²) in [6, 6.07) is -0.187. The lowest BCUT2D eigenvalue weighted by molar-refractivity contribution is -0.141. The molecule has 166 valence electrons. The number of hydrogen-bond acceptors (Lipinski definition) is 5. The maximum atomic E-state index is 12.9. The molecule has 0 aliphatic rings. The molecule has 0 saturated carbocycles. The van der Waals surface area contributed by atoms with Crippen LogP contribution < -0.4 is 10.6 Å². The zero-order valence-electron chi connectivity index (χ0n) is 17.2. The molecule has 1 unspecified atom stereocenters. The van der Waals surface area contributed by atoms with Gasteiger partial charge in [-0.25, -0.2) is 0 Å². The molecular formula is C18H21F3N8O2. The van der Waals surface area contributed by atoms with E-state index in [-0.39, 0.29) is 23.6 Å². The van der Waals surface area contributed by atoms with Crippen molar-refractivity contribution in [3.63, 3.8) is 0 Å². The van der Waals surface area contributed by atoms with Crippen LogP contribution in [0, 0.1) is 6.92 Å². The predicted molar refractivity (Wildman–Crippen MR) is 103 cm³/mol. The Kier molecular flexibility index (Phi) is 5.86. The molecule has 31 heavy (non-hydrogen) atoms. The molecular weight excluding hydrogens is 417 g/mol. The van der Waals surface area contributed by atoms with Gasteiger partial charge in [0, 0.05) is 38.1 Å². The Bertz CT molecular complexity index is 1110. The molecule has 3 aromatic heterocycles. The number of rotatable bonds is 6. The first-order valence-corrected chi connectivity index (χ1v) is 9.19. The van der Waals surface area contributed by atoms with E-state index in [0.29, 0.717) is 0 Å². The van der Waals surface area contributed by atoms with Gasteiger partial charge in [0.15, 0.2) is 5.69 Å². The van der Waals surface area contributed by atoms with Gasteiger partial charge < -0.3 is 10.6 Å². The lowest BCUT2D eigenvalue weighted by atomic mass is 10.2. The van der Waals surface area contributed by atoms with Crippen LogP contribution in [0.25, 0.3) is 0 Å². The second kappa shape index (κ2) is 8.24. The molecule has 0 aliphatic heterocycles. The number of hydrogen-bond donors (Lipinski definition) is 2. The number of aryl methyl sites for hydroxylation is 3. The van der Waals surface area contributed by atoms with Crippen LogP contribution in [0.4, 0.5) is 18.9 Å². The fraction of sp³-hybridized carbons (Fsp3) is 0.389. The van der Waals surface area contributed by atoms with E-state index in [4.69, 9.17) is 0 Å². The summed E-state index contributed by atoms with van der Waals surface area (Å²) in [7, 11) is 3.28. The number of halogens is 3. The summed E-state index contributed by atoms with van der Waals surface area (Å²) in [6.07, 6.45) is 0.0286. The van der Waals surface area contributed by atoms with E-state index in [9.17, 15) is 22.8 Å². The van der Waals surface area contributed by atoms with Gasteiger partial charge >= 0.3 is 6.18 Å². The Morgan fingerprint density at radius 2 is 1.90 bits per heavy atom. The van der Waals surface area contributed by atoms with Gasteiger partial charge in [0.2, 0.25) is 5.91 Å². The van der Waals surface area contributed by atoms with Gasteiger partial charge in [0.05, 0.1) is 18.1 Å². The van der Waals surface area contributed by atoms with E-state index in [1.807, 2.05) is 0 Å². The molecule has 0 radical (unpaired) electrons. The minimum absolute atomic E-state index is 0.0950. The number of anilines is 1. The smallest absolute Gasteiger partial charge is 0.346 e. The monoisotopic (exact) mass is 438 g/mol. The predicted octanol–water partition coefficient (Wildman–Crippen LogP) is 1.81. The first kappa shape index (κ1) is 22.1. The van der Waals surface area contributed by atoms with Crippen LogP contribution in [0.5, 0.6) is 0 Å². The van der Waals surface area contributed by atoms with Crippen molar-refractivity contribution in [2.45, 2.75) is 32.6 Å². The van der Waals surface area contributed by atoms with Crippen molar-refractivity contribution in [1.29, 1.82) is 0 Å². The number of carbonyl (C=O) groups excluding carboxylic acids is 2. The van der Waals surface area contributed by atoms with Crippen molar-refractivity contribution < 1.29 is 22.8 Å². The van der Waals surface area contributed by atoms with Crippen LogP contribution in [0.15, 0.2) is 24.7 Å². The molecule has 0 aromatic carbocycles. The summed E-state index contributed by atoms with van der Waals surface area (Å²) in [6.45, 7) is 3.05. The highest BCUT2D eigenvalue weighted by Crippen LogP contribution is 2.29. The second-order valence-electron chi connectivity index (χ2n) is 7.01. The standard InChI is InChI=1S/C18H21F3N8O2/c1-10-5-14(18(19,20)21)26-29(10)11(2)16(30)25-13-8-24-28(4)15(13)17(31)22-6-12-7-23-27(3)9-12/h5,7-9,11H,6H2,1-4H3,(H,22,31)(H,25,30). The maximum absolute atomic E-state index is 12.9. The normalized spacial score (nSPS) is 12.6. The average Bonchev–Trinajstić information content (AvgIpc) is 3.38. The maximum Gasteiger partial charge on any atom is 0.435 e. The number of nitrogens with one attached hydrogen (secondary N) is 2. The van der Waals surface area contributed by atoms with Crippen molar-refractivity contribution in [2.24, 2.45) is 14.1 Å². The molecule has 3 rings (SSSR count). The van der Waals surface area contributed by atoms with Crippen LogP contribution in [0.1, 0.15) is 40.4 Å². The lowest BCUT2D eigenvalue weighted by Crippen LogP contribution is -2.29. The van der Waals surface area contributed by atoms with Crippen molar-refractivity contribution >= 4 is 17.5 Å². The van der Waals surface area contributed by atoms with E-state index in [1.54, 1.807) is 24.1 Å². The highest BCUT2D eigenvalue weighted by atomic mass is 19.4. The largest absolute Gasteiger partial charge is 0.435 e. The summed E-state index contributed by atoms with van der Waals surface area (Å²) in [4.78, 5) is 25.3. The Balaban J connectivity index is 1.73. The third-order valence-corrected chi connectivity index (χ3v) is 4.58.